The van der Waals surface area contributed by atoms with Gasteiger partial charge < -0.3 is 9.84 Å². The predicted molar refractivity (Wildman–Crippen MR) is 126 cm³/mol. The Morgan fingerprint density at radius 2 is 1.97 bits per heavy atom. The lowest BCUT2D eigenvalue weighted by atomic mass is 9.82. The number of hydrogen-bond acceptors (Lipinski definition) is 5. The lowest BCUT2D eigenvalue weighted by Gasteiger charge is -2.47. The molecule has 2 heterocycles. The Hall–Kier alpha value is -2.43. The first-order valence-corrected chi connectivity index (χ1v) is 12.8. The lowest BCUT2D eigenvalue weighted by Crippen LogP contribution is -2.57. The van der Waals surface area contributed by atoms with Crippen LogP contribution in [0.5, 0.6) is 11.5 Å². The van der Waals surface area contributed by atoms with Crippen LogP contribution in [0.3, 0.4) is 0 Å². The van der Waals surface area contributed by atoms with Gasteiger partial charge in [0, 0.05) is 32.7 Å². The molecule has 1 N–H and O–H groups in total. The molecule has 2 aromatic carbocycles. The molecule has 0 bridgehead atoms. The molecule has 2 aromatic rings. The summed E-state index contributed by atoms with van der Waals surface area (Å²) in [7, 11) is -2.24. The van der Waals surface area contributed by atoms with Crippen LogP contribution in [-0.2, 0) is 16.8 Å². The van der Waals surface area contributed by atoms with Crippen LogP contribution < -0.4 is 9.04 Å². The third-order valence-corrected chi connectivity index (χ3v) is 8.59. The highest BCUT2D eigenvalue weighted by Crippen LogP contribution is 2.44. The zero-order valence-electron chi connectivity index (χ0n) is 19.8. The van der Waals surface area contributed by atoms with E-state index in [0.717, 1.165) is 0 Å². The predicted octanol–water partition coefficient (Wildman–Crippen LogP) is 3.88. The zero-order chi connectivity index (χ0) is 24.8. The van der Waals surface area contributed by atoms with Crippen molar-refractivity contribution in [1.29, 1.82) is 0 Å². The number of likely N-dealkylation sites (tertiary alicyclic amines) is 1. The molecule has 4 rings (SSSR count). The standard InChI is InChI=1S/C24H31F2N3O4S/c1-16(2)33-22-11-18(10-21(26)23(22)30)14-28-9-8-24(13-17(28)3)15-27(4)34(31,32)29(24)20-7-5-6-19(25)12-20/h5-7,10-12,16-17,30H,8-9,13-15H2,1-4H3/t17-,24+/m0/s1. The minimum atomic E-state index is -3.78. The number of anilines is 1. The maximum atomic E-state index is 14.3. The Kier molecular flexibility index (Phi) is 6.52. The molecule has 7 nitrogen and oxygen atoms in total. The SMILES string of the molecule is CC(C)Oc1cc(CN2CC[C@@]3(C[C@@H]2C)CN(C)S(=O)(=O)N3c2cccc(F)c2)cc(F)c1O. The van der Waals surface area contributed by atoms with Crippen molar-refractivity contribution >= 4 is 15.9 Å². The van der Waals surface area contributed by atoms with Gasteiger partial charge in [-0.1, -0.05) is 6.07 Å². The molecule has 2 fully saturated rings. The van der Waals surface area contributed by atoms with Crippen LogP contribution in [0.1, 0.15) is 39.2 Å². The van der Waals surface area contributed by atoms with E-state index in [0.29, 0.717) is 43.7 Å². The number of hydrogen-bond donors (Lipinski definition) is 1. The van der Waals surface area contributed by atoms with Gasteiger partial charge in [0.1, 0.15) is 5.82 Å². The summed E-state index contributed by atoms with van der Waals surface area (Å²) in [5.41, 5.74) is 0.275. The summed E-state index contributed by atoms with van der Waals surface area (Å²) >= 11 is 0. The molecule has 0 radical (unpaired) electrons. The maximum absolute atomic E-state index is 14.3. The Balaban J connectivity index is 1.59. The van der Waals surface area contributed by atoms with E-state index in [-0.39, 0.29) is 17.9 Å². The Morgan fingerprint density at radius 1 is 1.24 bits per heavy atom. The quantitative estimate of drug-likeness (QED) is 0.682. The van der Waals surface area contributed by atoms with Crippen molar-refractivity contribution in [3.63, 3.8) is 0 Å². The third-order valence-electron chi connectivity index (χ3n) is 6.61. The van der Waals surface area contributed by atoms with Gasteiger partial charge >= 0.3 is 10.2 Å². The van der Waals surface area contributed by atoms with Gasteiger partial charge in [-0.05, 0) is 69.5 Å². The average Bonchev–Trinajstić information content (AvgIpc) is 2.92. The summed E-state index contributed by atoms with van der Waals surface area (Å²) in [4.78, 5) is 2.16. The lowest BCUT2D eigenvalue weighted by molar-refractivity contribution is 0.100. The minimum Gasteiger partial charge on any atom is -0.502 e. The molecule has 0 unspecified atom stereocenters. The molecule has 1 spiro atoms. The Labute approximate surface area is 199 Å². The number of piperidine rings is 1. The number of nitrogens with zero attached hydrogens (tertiary/aromatic N) is 3. The van der Waals surface area contributed by atoms with Crippen LogP contribution >= 0.6 is 0 Å². The van der Waals surface area contributed by atoms with E-state index < -0.39 is 33.1 Å². The first-order chi connectivity index (χ1) is 15.9. The molecule has 2 atom stereocenters. The summed E-state index contributed by atoms with van der Waals surface area (Å²) in [6.45, 7) is 6.91. The van der Waals surface area contributed by atoms with E-state index in [9.17, 15) is 22.3 Å². The van der Waals surface area contributed by atoms with Crippen molar-refractivity contribution in [3.05, 3.63) is 53.6 Å². The average molecular weight is 496 g/mol. The summed E-state index contributed by atoms with van der Waals surface area (Å²) in [6.07, 6.45) is 0.848. The van der Waals surface area contributed by atoms with Gasteiger partial charge in [0.2, 0.25) is 0 Å². The number of phenolic OH excluding ortho intramolecular Hbond substituents is 1. The molecule has 186 valence electrons. The van der Waals surface area contributed by atoms with Gasteiger partial charge in [-0.3, -0.25) is 9.21 Å². The molecule has 2 aliphatic heterocycles. The van der Waals surface area contributed by atoms with Crippen molar-refractivity contribution in [2.75, 3.05) is 24.4 Å². The second-order valence-electron chi connectivity index (χ2n) is 9.60. The van der Waals surface area contributed by atoms with Crippen LogP contribution in [0.15, 0.2) is 36.4 Å². The van der Waals surface area contributed by atoms with Crippen molar-refractivity contribution in [3.8, 4) is 11.5 Å². The second-order valence-corrected chi connectivity index (χ2v) is 11.5. The van der Waals surface area contributed by atoms with Crippen LogP contribution in [0.2, 0.25) is 0 Å². The summed E-state index contributed by atoms with van der Waals surface area (Å²) < 4.78 is 62.9. The first kappa shape index (κ1) is 24.7. The highest BCUT2D eigenvalue weighted by Gasteiger charge is 2.55. The summed E-state index contributed by atoms with van der Waals surface area (Å²) in [5, 5.41) is 9.99. The number of rotatable bonds is 5. The number of halogens is 2. The summed E-state index contributed by atoms with van der Waals surface area (Å²) in [6, 6.07) is 8.59. The van der Waals surface area contributed by atoms with Crippen LogP contribution in [0.25, 0.3) is 0 Å². The van der Waals surface area contributed by atoms with E-state index in [4.69, 9.17) is 4.74 Å². The van der Waals surface area contributed by atoms with Gasteiger partial charge in [-0.15, -0.1) is 0 Å². The number of likely N-dealkylation sites (N-methyl/N-ethyl adjacent to an activating group) is 1. The van der Waals surface area contributed by atoms with Crippen molar-refractivity contribution < 1.29 is 27.0 Å². The third kappa shape index (κ3) is 4.46. The molecule has 0 amide bonds. The normalized spacial score (nSPS) is 25.4. The van der Waals surface area contributed by atoms with E-state index >= 15 is 0 Å². The Bertz CT molecular complexity index is 1180. The second kappa shape index (κ2) is 8.98. The molecular formula is C24H31F2N3O4S. The smallest absolute Gasteiger partial charge is 0.304 e. The summed E-state index contributed by atoms with van der Waals surface area (Å²) in [5.74, 6) is -1.63. The highest BCUT2D eigenvalue weighted by atomic mass is 32.2. The molecule has 10 heteroatoms. The largest absolute Gasteiger partial charge is 0.502 e. The number of ether oxygens (including phenoxy) is 1. The van der Waals surface area contributed by atoms with Gasteiger partial charge in [-0.25, -0.2) is 8.78 Å². The van der Waals surface area contributed by atoms with E-state index in [1.807, 2.05) is 6.92 Å². The van der Waals surface area contributed by atoms with Gasteiger partial charge in [-0.2, -0.15) is 12.7 Å². The van der Waals surface area contributed by atoms with Gasteiger partial charge in [0.05, 0.1) is 17.3 Å². The van der Waals surface area contributed by atoms with Gasteiger partial charge in [0.25, 0.3) is 0 Å². The van der Waals surface area contributed by atoms with E-state index in [1.54, 1.807) is 33.0 Å². The van der Waals surface area contributed by atoms with Crippen molar-refractivity contribution in [2.24, 2.45) is 0 Å². The minimum absolute atomic E-state index is 0.0298. The van der Waals surface area contributed by atoms with Crippen molar-refractivity contribution in [1.82, 2.24) is 9.21 Å². The molecule has 0 saturated carbocycles. The van der Waals surface area contributed by atoms with Crippen LogP contribution in [0, 0.1) is 11.6 Å². The first-order valence-electron chi connectivity index (χ1n) is 11.4. The fourth-order valence-electron chi connectivity index (χ4n) is 5.17. The van der Waals surface area contributed by atoms with Crippen LogP contribution in [0.4, 0.5) is 14.5 Å². The topological polar surface area (TPSA) is 73.3 Å². The van der Waals surface area contributed by atoms with Gasteiger partial charge in [0.15, 0.2) is 17.3 Å². The van der Waals surface area contributed by atoms with Crippen LogP contribution in [-0.4, -0.2) is 60.6 Å². The van der Waals surface area contributed by atoms with E-state index in [2.05, 4.69) is 4.90 Å². The molecule has 0 aromatic heterocycles. The monoisotopic (exact) mass is 495 g/mol. The zero-order valence-corrected chi connectivity index (χ0v) is 20.6. The maximum Gasteiger partial charge on any atom is 0.304 e. The fourth-order valence-corrected chi connectivity index (χ4v) is 6.94. The molecule has 2 aliphatic rings. The number of phenols is 1. The number of aromatic hydroxyl groups is 1. The van der Waals surface area contributed by atoms with E-state index in [1.165, 1.54) is 32.9 Å². The molecule has 2 saturated heterocycles. The molecular weight excluding hydrogens is 464 g/mol. The van der Waals surface area contributed by atoms with Crippen molar-refractivity contribution in [2.45, 2.75) is 57.8 Å². The highest BCUT2D eigenvalue weighted by molar-refractivity contribution is 7.90. The Morgan fingerprint density at radius 3 is 2.62 bits per heavy atom. The molecule has 0 aliphatic carbocycles. The number of benzene rings is 2. The molecule has 34 heavy (non-hydrogen) atoms. The fraction of sp³-hybridized carbons (Fsp3) is 0.500.